The molecular weight excluding hydrogens is 1010 g/mol. The maximum Gasteiger partial charge on any atom is 0.324 e. The number of rotatable bonds is 12. The first-order chi connectivity index (χ1) is 37.6. The monoisotopic (exact) mass is 1090 g/mol. The van der Waals surface area contributed by atoms with Gasteiger partial charge in [-0.05, 0) is 133 Å². The van der Waals surface area contributed by atoms with Gasteiger partial charge in [-0.2, -0.15) is 0 Å². The molecule has 0 radical (unpaired) electrons. The van der Waals surface area contributed by atoms with E-state index in [2.05, 4.69) is 88.6 Å². The summed E-state index contributed by atoms with van der Waals surface area (Å²) in [5.41, 5.74) is 9.58. The Morgan fingerprint density at radius 1 is 0.987 bits per heavy atom. The number of likely N-dealkylation sites (tertiary alicyclic amines) is 2. The lowest BCUT2D eigenvalue weighted by Gasteiger charge is -2.58. The maximum absolute atomic E-state index is 15.4. The second-order valence-electron chi connectivity index (χ2n) is 25.7. The number of hydrazine groups is 1. The Balaban J connectivity index is 0.948. The third kappa shape index (κ3) is 9.73. The third-order valence-electron chi connectivity index (χ3n) is 19.5. The molecule has 8 bridgehead atoms. The Morgan fingerprint density at radius 2 is 1.77 bits per heavy atom. The lowest BCUT2D eigenvalue weighted by Crippen LogP contribution is -2.72. The zero-order valence-electron chi connectivity index (χ0n) is 46.6. The van der Waals surface area contributed by atoms with Crippen LogP contribution in [0.5, 0.6) is 0 Å². The topological polar surface area (TPSA) is 171 Å². The number of hydrogen-bond acceptors (Lipinski definition) is 15. The molecule has 3 aromatic heterocycles. The van der Waals surface area contributed by atoms with Gasteiger partial charge in [-0.3, -0.25) is 29.3 Å². The van der Waals surface area contributed by atoms with Gasteiger partial charge in [-0.15, -0.1) is 11.3 Å². The summed E-state index contributed by atoms with van der Waals surface area (Å²) in [4.78, 5) is 60.4. The number of piperidine rings is 1. The molecule has 5 atom stereocenters. The number of pyridine rings is 1. The van der Waals surface area contributed by atoms with Crippen LogP contribution in [-0.4, -0.2) is 162 Å². The second-order valence-corrected chi connectivity index (χ2v) is 26.6. The van der Waals surface area contributed by atoms with Crippen LogP contribution < -0.4 is 10.7 Å². The standard InChI is InChI=1S/C60H80N8O9S/c1-36(72-6)49-44(27-40(29-61-49)38-13-19-65(20-14-38)41-10-11-41)51-45-28-57(3,4)35-75-55(70)46-8-7-18-68(64-46)54(69)50(63-56(71)60-31-58(5,32-60)37(2)77-60)52(66-33-59(34-66)17-24-76-59)53-62-47(30-78-53)39-9-12-48(43(45)26-39)67(51)21-25-74-42-15-22-73-23-16-42/h9,12,26-27,29-30,36-38,41-42,46,50,52,64H,7-8,10-11,13-25,28,31-35H2,1-6H3,(H,63,71)/t36-,37-,46-,50-,52-,58?,60?/m0/s1. The van der Waals surface area contributed by atoms with Crippen LogP contribution >= 0.6 is 11.3 Å². The van der Waals surface area contributed by atoms with Crippen LogP contribution in [0.15, 0.2) is 35.8 Å². The van der Waals surface area contributed by atoms with E-state index < -0.39 is 35.1 Å². The molecule has 8 aliphatic heterocycles. The zero-order chi connectivity index (χ0) is 53.7. The smallest absolute Gasteiger partial charge is 0.324 e. The van der Waals surface area contributed by atoms with Gasteiger partial charge in [0.1, 0.15) is 22.7 Å². The van der Waals surface area contributed by atoms with Crippen LogP contribution in [0.25, 0.3) is 33.4 Å². The molecule has 2 N–H and O–H groups in total. The SMILES string of the molecule is CO[C@@H](C)c1ncc(C2CCN(C3CC3)CC2)cc1-c1c2c3cc(ccc3n1CCOC1CCOCC1)-c1csc(n1)[C@@H](N1CC3(CCO3)C1)[C@H](NC(=O)C13CC(C)(C1)[C@H](C)O3)C(=O)N1CCC[C@H](N1)C(=O)OCC(C)(C)C2. The predicted molar refractivity (Wildman–Crippen MR) is 295 cm³/mol. The summed E-state index contributed by atoms with van der Waals surface area (Å²) in [5, 5.41) is 8.74. The number of ether oxygens (including phenoxy) is 6. The number of cyclic esters (lactones) is 1. The Labute approximate surface area is 462 Å². The van der Waals surface area contributed by atoms with Gasteiger partial charge in [0.25, 0.3) is 11.8 Å². The van der Waals surface area contributed by atoms with Gasteiger partial charge in [-0.1, -0.05) is 26.8 Å². The minimum atomic E-state index is -1.05. The van der Waals surface area contributed by atoms with Crippen molar-refractivity contribution in [2.24, 2.45) is 10.8 Å². The van der Waals surface area contributed by atoms with Crippen molar-refractivity contribution in [1.29, 1.82) is 0 Å². The van der Waals surface area contributed by atoms with Crippen molar-refractivity contribution < 1.29 is 42.8 Å². The van der Waals surface area contributed by atoms with Gasteiger partial charge in [0, 0.05) is 103 Å². The van der Waals surface area contributed by atoms with E-state index in [4.69, 9.17) is 38.4 Å². The average Bonchev–Trinajstić information content (AvgIpc) is 4.03. The summed E-state index contributed by atoms with van der Waals surface area (Å²) >= 11 is 1.51. The lowest BCUT2D eigenvalue weighted by molar-refractivity contribution is -0.232. The quantitative estimate of drug-likeness (QED) is 0.133. The molecule has 2 aliphatic carbocycles. The summed E-state index contributed by atoms with van der Waals surface area (Å²) in [6.45, 7) is 17.8. The van der Waals surface area contributed by atoms with Gasteiger partial charge >= 0.3 is 5.97 Å². The number of carbonyl (C=O) groups is 3. The molecule has 17 nitrogen and oxygen atoms in total. The number of nitrogens with zero attached hydrogens (tertiary/aromatic N) is 6. The zero-order valence-corrected chi connectivity index (χ0v) is 47.4. The first-order valence-electron chi connectivity index (χ1n) is 29.3. The molecule has 10 aliphatic rings. The van der Waals surface area contributed by atoms with Crippen molar-refractivity contribution in [3.8, 4) is 22.5 Å². The third-order valence-corrected chi connectivity index (χ3v) is 20.4. The fraction of sp³-hybridized carbons (Fsp3) is 0.683. The molecule has 2 amide bonds. The average molecular weight is 1090 g/mol. The van der Waals surface area contributed by atoms with Crippen LogP contribution in [0.3, 0.4) is 0 Å². The molecular formula is C60H80N8O9S. The van der Waals surface area contributed by atoms with E-state index in [1.807, 2.05) is 6.92 Å². The number of benzene rings is 1. The van der Waals surface area contributed by atoms with Crippen LogP contribution in [0.2, 0.25) is 0 Å². The molecule has 78 heavy (non-hydrogen) atoms. The van der Waals surface area contributed by atoms with E-state index in [-0.39, 0.29) is 47.7 Å². The largest absolute Gasteiger partial charge is 0.464 e. The van der Waals surface area contributed by atoms with Gasteiger partial charge < -0.3 is 43.2 Å². The molecule has 18 heteroatoms. The molecule has 7 saturated heterocycles. The highest BCUT2D eigenvalue weighted by molar-refractivity contribution is 7.10. The first-order valence-corrected chi connectivity index (χ1v) is 30.2. The molecule has 0 unspecified atom stereocenters. The van der Waals surface area contributed by atoms with Gasteiger partial charge in [0.05, 0.1) is 66.9 Å². The summed E-state index contributed by atoms with van der Waals surface area (Å²) in [5.74, 6) is -0.630. The van der Waals surface area contributed by atoms with Crippen molar-refractivity contribution >= 4 is 40.0 Å². The van der Waals surface area contributed by atoms with E-state index in [1.54, 1.807) is 12.1 Å². The lowest BCUT2D eigenvalue weighted by atomic mass is 9.61. The minimum absolute atomic E-state index is 0.0815. The summed E-state index contributed by atoms with van der Waals surface area (Å²) in [7, 11) is 1.76. The molecule has 420 valence electrons. The van der Waals surface area contributed by atoms with Crippen molar-refractivity contribution in [3.05, 3.63) is 57.7 Å². The number of amides is 2. The summed E-state index contributed by atoms with van der Waals surface area (Å²) in [6.07, 6.45) is 12.2. The number of fused-ring (bicyclic) bond motifs is 7. The second kappa shape index (κ2) is 20.6. The predicted octanol–water partition coefficient (Wildman–Crippen LogP) is 7.65. The Kier molecular flexibility index (Phi) is 14.0. The van der Waals surface area contributed by atoms with Crippen LogP contribution in [0.4, 0.5) is 0 Å². The Morgan fingerprint density at radius 3 is 2.47 bits per heavy atom. The number of methoxy groups -OCH3 is 1. The highest BCUT2D eigenvalue weighted by Gasteiger charge is 2.68. The number of carbonyl (C=O) groups excluding carboxylic acids is 3. The molecule has 11 heterocycles. The summed E-state index contributed by atoms with van der Waals surface area (Å²) < 4.78 is 40.0. The number of esters is 1. The van der Waals surface area contributed by atoms with Gasteiger partial charge in [-0.25, -0.2) is 10.4 Å². The fourth-order valence-electron chi connectivity index (χ4n) is 14.5. The van der Waals surface area contributed by atoms with E-state index in [0.717, 1.165) is 101 Å². The number of thiazole rings is 1. The van der Waals surface area contributed by atoms with Crippen molar-refractivity contribution in [1.82, 2.24) is 40.1 Å². The molecule has 2 saturated carbocycles. The van der Waals surface area contributed by atoms with Crippen molar-refractivity contribution in [2.45, 2.75) is 178 Å². The number of hydrogen-bond donors (Lipinski definition) is 2. The highest BCUT2D eigenvalue weighted by atomic mass is 32.1. The molecule has 14 rings (SSSR count). The van der Waals surface area contributed by atoms with E-state index in [9.17, 15) is 9.59 Å². The van der Waals surface area contributed by atoms with Crippen molar-refractivity contribution in [2.75, 3.05) is 72.9 Å². The van der Waals surface area contributed by atoms with Crippen LogP contribution in [-0.2, 0) is 55.8 Å². The van der Waals surface area contributed by atoms with Gasteiger partial charge in [0.15, 0.2) is 0 Å². The maximum atomic E-state index is 15.4. The number of aromatic nitrogens is 3. The van der Waals surface area contributed by atoms with Gasteiger partial charge in [0.2, 0.25) is 0 Å². The highest BCUT2D eigenvalue weighted by Crippen LogP contribution is 2.61. The van der Waals surface area contributed by atoms with Crippen LogP contribution in [0, 0.1) is 10.8 Å². The Bertz CT molecular complexity index is 2920. The molecule has 1 spiro atoms. The normalized spacial score (nSPS) is 31.1. The molecule has 4 aromatic rings. The molecule has 1 aromatic carbocycles. The molecule has 9 fully saturated rings. The first kappa shape index (κ1) is 53.0. The summed E-state index contributed by atoms with van der Waals surface area (Å²) in [6, 6.07) is 7.39. The minimum Gasteiger partial charge on any atom is -0.464 e. The Hall–Kier alpha value is -4.37. The van der Waals surface area contributed by atoms with E-state index >= 15 is 4.79 Å². The van der Waals surface area contributed by atoms with Crippen LogP contribution in [0.1, 0.15) is 145 Å². The van der Waals surface area contributed by atoms with E-state index in [0.29, 0.717) is 90.6 Å². The van der Waals surface area contributed by atoms with Crippen molar-refractivity contribution in [3.63, 3.8) is 0 Å². The van der Waals surface area contributed by atoms with E-state index in [1.165, 1.54) is 29.7 Å². The fourth-order valence-corrected chi connectivity index (χ4v) is 15.5. The number of nitrogens with one attached hydrogen (secondary N) is 2.